The molecule has 5 nitrogen and oxygen atoms in total. The molecule has 1 aliphatic carbocycles. The minimum absolute atomic E-state index is 0.00870. The molecular weight excluding hydrogens is 448 g/mol. The molecule has 7 heteroatoms. The van der Waals surface area contributed by atoms with Gasteiger partial charge in [0.25, 0.3) is 0 Å². The number of nitrogens with zero attached hydrogens (tertiary/aromatic N) is 2. The Morgan fingerprint density at radius 2 is 1.77 bits per heavy atom. The van der Waals surface area contributed by atoms with Crippen LogP contribution in [0, 0.1) is 24.0 Å². The quantitative estimate of drug-likeness (QED) is 0.355. The molecule has 1 fully saturated rings. The smallest absolute Gasteiger partial charge is 0.226 e. The first-order valence-corrected chi connectivity index (χ1v) is 11.7. The monoisotopic (exact) mass is 475 g/mol. The molecule has 180 valence electrons. The van der Waals surface area contributed by atoms with E-state index in [-0.39, 0.29) is 29.0 Å². The summed E-state index contributed by atoms with van der Waals surface area (Å²) in [7, 11) is 0. The van der Waals surface area contributed by atoms with Crippen LogP contribution >= 0.6 is 0 Å². The number of amides is 1. The first-order valence-electron chi connectivity index (χ1n) is 11.7. The molecule has 0 radical (unpaired) electrons. The summed E-state index contributed by atoms with van der Waals surface area (Å²) in [5.41, 5.74) is 2.84. The highest BCUT2D eigenvalue weighted by Crippen LogP contribution is 2.45. The maximum absolute atomic E-state index is 13.8. The van der Waals surface area contributed by atoms with Gasteiger partial charge in [0.1, 0.15) is 23.5 Å². The van der Waals surface area contributed by atoms with Crippen LogP contribution in [-0.4, -0.2) is 21.7 Å². The van der Waals surface area contributed by atoms with Crippen molar-refractivity contribution in [2.24, 2.45) is 5.41 Å². The molecule has 0 aliphatic heterocycles. The van der Waals surface area contributed by atoms with Crippen LogP contribution in [0.5, 0.6) is 5.75 Å². The second-order valence-electron chi connectivity index (χ2n) is 9.62. The van der Waals surface area contributed by atoms with Crippen LogP contribution in [-0.2, 0) is 4.79 Å². The molecule has 0 spiro atoms. The van der Waals surface area contributed by atoms with Gasteiger partial charge in [-0.05, 0) is 92.4 Å². The van der Waals surface area contributed by atoms with Gasteiger partial charge >= 0.3 is 0 Å². The Balaban J connectivity index is 1.45. The molecule has 0 bridgehead atoms. The van der Waals surface area contributed by atoms with Gasteiger partial charge in [-0.2, -0.15) is 5.10 Å². The summed E-state index contributed by atoms with van der Waals surface area (Å²) in [6.45, 7) is 5.70. The lowest BCUT2D eigenvalue weighted by Crippen LogP contribution is -2.42. The Bertz CT molecular complexity index is 1390. The molecule has 3 aromatic carbocycles. The van der Waals surface area contributed by atoms with Crippen molar-refractivity contribution in [3.05, 3.63) is 89.6 Å². The summed E-state index contributed by atoms with van der Waals surface area (Å²) in [6.07, 6.45) is 2.96. The fourth-order valence-electron chi connectivity index (χ4n) is 4.28. The van der Waals surface area contributed by atoms with Crippen molar-refractivity contribution in [3.63, 3.8) is 0 Å². The molecule has 35 heavy (non-hydrogen) atoms. The highest BCUT2D eigenvalue weighted by atomic mass is 19.1. The Hall–Kier alpha value is -3.74. The normalized spacial score (nSPS) is 16.0. The number of hydrogen-bond donors (Lipinski definition) is 1. The lowest BCUT2D eigenvalue weighted by Gasteiger charge is -2.28. The molecule has 1 aromatic heterocycles. The Morgan fingerprint density at radius 3 is 2.46 bits per heavy atom. The van der Waals surface area contributed by atoms with Gasteiger partial charge in [0.05, 0.1) is 23.4 Å². The van der Waals surface area contributed by atoms with Crippen molar-refractivity contribution in [1.29, 1.82) is 0 Å². The third-order valence-electron chi connectivity index (χ3n) is 6.77. The number of aryl methyl sites for hydroxylation is 1. The maximum Gasteiger partial charge on any atom is 0.226 e. The van der Waals surface area contributed by atoms with Gasteiger partial charge in [0.2, 0.25) is 5.91 Å². The molecule has 1 heterocycles. The number of rotatable bonds is 7. The van der Waals surface area contributed by atoms with E-state index in [1.807, 2.05) is 39.0 Å². The molecule has 1 saturated carbocycles. The van der Waals surface area contributed by atoms with Crippen LogP contribution < -0.4 is 10.1 Å². The zero-order chi connectivity index (χ0) is 24.7. The molecular formula is C28H27F2N3O2. The maximum atomic E-state index is 13.8. The summed E-state index contributed by atoms with van der Waals surface area (Å²) < 4.78 is 35.3. The molecule has 1 amide bonds. The Labute approximate surface area is 202 Å². The second-order valence-corrected chi connectivity index (χ2v) is 9.62. The summed E-state index contributed by atoms with van der Waals surface area (Å²) in [6, 6.07) is 16.0. The Morgan fingerprint density at radius 1 is 1.06 bits per heavy atom. The lowest BCUT2D eigenvalue weighted by molar-refractivity contribution is -0.127. The van der Waals surface area contributed by atoms with Crippen molar-refractivity contribution in [2.75, 3.05) is 0 Å². The molecule has 4 aromatic rings. The van der Waals surface area contributed by atoms with Crippen LogP contribution in [0.2, 0.25) is 0 Å². The number of halogens is 2. The number of aromatic nitrogens is 2. The zero-order valence-electron chi connectivity index (χ0n) is 19.9. The fourth-order valence-corrected chi connectivity index (χ4v) is 4.28. The van der Waals surface area contributed by atoms with Gasteiger partial charge in [0, 0.05) is 10.8 Å². The molecule has 0 saturated heterocycles. The van der Waals surface area contributed by atoms with Crippen molar-refractivity contribution in [3.8, 4) is 11.4 Å². The Kier molecular flexibility index (Phi) is 5.79. The first kappa shape index (κ1) is 23.0. The van der Waals surface area contributed by atoms with Crippen molar-refractivity contribution >= 4 is 16.8 Å². The van der Waals surface area contributed by atoms with Crippen molar-refractivity contribution < 1.29 is 18.3 Å². The van der Waals surface area contributed by atoms with E-state index >= 15 is 0 Å². The van der Waals surface area contributed by atoms with Gasteiger partial charge in [-0.1, -0.05) is 13.0 Å². The lowest BCUT2D eigenvalue weighted by atomic mass is 9.97. The van der Waals surface area contributed by atoms with Gasteiger partial charge in [-0.3, -0.25) is 4.79 Å². The van der Waals surface area contributed by atoms with E-state index in [1.165, 1.54) is 24.3 Å². The predicted molar refractivity (Wildman–Crippen MR) is 130 cm³/mol. The number of hydrogen-bond acceptors (Lipinski definition) is 3. The SMILES string of the molecule is Cc1cc(F)ccc1C(Oc1ccc2c(cnn2-c2ccc(F)cc2)c1)C(C)NC(=O)C1(C)CC1. The van der Waals surface area contributed by atoms with Crippen LogP contribution in [0.4, 0.5) is 8.78 Å². The van der Waals surface area contributed by atoms with E-state index in [0.717, 1.165) is 40.6 Å². The standard InChI is InChI=1S/C28H27F2N3O2/c1-17-14-21(30)6-10-24(17)26(18(2)32-27(34)28(3)12-13-28)35-23-9-11-25-19(15-23)16-31-33(25)22-7-4-20(29)5-8-22/h4-11,14-16,18,26H,12-13H2,1-3H3,(H,32,34). The van der Waals surface area contributed by atoms with Crippen molar-refractivity contribution in [2.45, 2.75) is 45.8 Å². The molecule has 1 N–H and O–H groups in total. The highest BCUT2D eigenvalue weighted by Gasteiger charge is 2.45. The topological polar surface area (TPSA) is 56.1 Å². The van der Waals surface area contributed by atoms with E-state index in [0.29, 0.717) is 5.75 Å². The van der Waals surface area contributed by atoms with Gasteiger partial charge in [-0.25, -0.2) is 13.5 Å². The number of carbonyl (C=O) groups is 1. The molecule has 2 unspecified atom stereocenters. The van der Waals surface area contributed by atoms with Gasteiger partial charge in [-0.15, -0.1) is 0 Å². The number of carbonyl (C=O) groups excluding carboxylic acids is 1. The van der Waals surface area contributed by atoms with Crippen LogP contribution in [0.1, 0.15) is 43.9 Å². The summed E-state index contributed by atoms with van der Waals surface area (Å²) in [4.78, 5) is 12.7. The molecule has 1 aliphatic rings. The third kappa shape index (κ3) is 4.63. The van der Waals surface area contributed by atoms with Crippen LogP contribution in [0.3, 0.4) is 0 Å². The minimum atomic E-state index is -0.522. The number of nitrogens with one attached hydrogen (secondary N) is 1. The number of ether oxygens (including phenoxy) is 1. The summed E-state index contributed by atoms with van der Waals surface area (Å²) >= 11 is 0. The molecule has 2 atom stereocenters. The molecule has 5 rings (SSSR count). The number of fused-ring (bicyclic) bond motifs is 1. The van der Waals surface area contributed by atoms with Crippen LogP contribution in [0.15, 0.2) is 66.9 Å². The summed E-state index contributed by atoms with van der Waals surface area (Å²) in [5.74, 6) is -0.0141. The zero-order valence-corrected chi connectivity index (χ0v) is 19.9. The van der Waals surface area contributed by atoms with Crippen LogP contribution in [0.25, 0.3) is 16.6 Å². The largest absolute Gasteiger partial charge is 0.484 e. The second kappa shape index (κ2) is 8.80. The van der Waals surface area contributed by atoms with E-state index in [9.17, 15) is 13.6 Å². The summed E-state index contributed by atoms with van der Waals surface area (Å²) in [5, 5.41) is 8.40. The third-order valence-corrected chi connectivity index (χ3v) is 6.77. The number of benzene rings is 3. The minimum Gasteiger partial charge on any atom is -0.484 e. The van der Waals surface area contributed by atoms with E-state index < -0.39 is 6.10 Å². The average molecular weight is 476 g/mol. The fraction of sp³-hybridized carbons (Fsp3) is 0.286. The van der Waals surface area contributed by atoms with Gasteiger partial charge < -0.3 is 10.1 Å². The predicted octanol–water partition coefficient (Wildman–Crippen LogP) is 6.04. The van der Waals surface area contributed by atoms with E-state index in [2.05, 4.69) is 10.4 Å². The highest BCUT2D eigenvalue weighted by molar-refractivity contribution is 5.85. The first-order chi connectivity index (χ1) is 16.7. The van der Waals surface area contributed by atoms with Crippen molar-refractivity contribution in [1.82, 2.24) is 15.1 Å². The van der Waals surface area contributed by atoms with Gasteiger partial charge in [0.15, 0.2) is 0 Å². The average Bonchev–Trinajstić information content (AvgIpc) is 3.45. The van der Waals surface area contributed by atoms with E-state index in [1.54, 1.807) is 29.1 Å². The van der Waals surface area contributed by atoms with E-state index in [4.69, 9.17) is 4.74 Å².